The maximum Gasteiger partial charge on any atom is 0.405 e. The minimum atomic E-state index is -4.34. The van der Waals surface area contributed by atoms with E-state index in [4.69, 9.17) is 5.11 Å². The van der Waals surface area contributed by atoms with Gasteiger partial charge in [-0.1, -0.05) is 15.9 Å². The van der Waals surface area contributed by atoms with Gasteiger partial charge >= 0.3 is 12.1 Å². The van der Waals surface area contributed by atoms with Crippen LogP contribution in [0, 0.1) is 0 Å². The standard InChI is InChI=1S/C9H7BrF3NO2/c10-6-1-5(8(15)16)2-7(3-6)14-4-9(11,12)13/h1-3,14H,4H2,(H,15,16). The van der Waals surface area contributed by atoms with Crippen LogP contribution in [-0.4, -0.2) is 23.8 Å². The van der Waals surface area contributed by atoms with Gasteiger partial charge in [0.05, 0.1) is 5.56 Å². The Bertz CT molecular complexity index is 406. The molecule has 0 aliphatic heterocycles. The second-order valence-electron chi connectivity index (χ2n) is 3.00. The van der Waals surface area contributed by atoms with Crippen molar-refractivity contribution in [3.8, 4) is 0 Å². The molecule has 0 saturated heterocycles. The predicted octanol–water partition coefficient (Wildman–Crippen LogP) is 3.12. The van der Waals surface area contributed by atoms with Crippen molar-refractivity contribution in [1.29, 1.82) is 0 Å². The second kappa shape index (κ2) is 4.73. The molecule has 0 spiro atoms. The lowest BCUT2D eigenvalue weighted by Gasteiger charge is -2.10. The lowest BCUT2D eigenvalue weighted by molar-refractivity contribution is -0.115. The van der Waals surface area contributed by atoms with Gasteiger partial charge in [-0.05, 0) is 18.2 Å². The topological polar surface area (TPSA) is 49.3 Å². The highest BCUT2D eigenvalue weighted by Crippen LogP contribution is 2.22. The van der Waals surface area contributed by atoms with Gasteiger partial charge < -0.3 is 10.4 Å². The first-order chi connectivity index (χ1) is 7.28. The van der Waals surface area contributed by atoms with E-state index in [9.17, 15) is 18.0 Å². The van der Waals surface area contributed by atoms with Crippen molar-refractivity contribution in [3.05, 3.63) is 28.2 Å². The Hall–Kier alpha value is -1.24. The maximum absolute atomic E-state index is 11.9. The number of carbonyl (C=O) groups is 1. The summed E-state index contributed by atoms with van der Waals surface area (Å²) >= 11 is 3.02. The molecule has 0 saturated carbocycles. The summed E-state index contributed by atoms with van der Waals surface area (Å²) in [4.78, 5) is 10.6. The lowest BCUT2D eigenvalue weighted by atomic mass is 10.2. The van der Waals surface area contributed by atoms with Crippen LogP contribution in [0.25, 0.3) is 0 Å². The maximum atomic E-state index is 11.9. The monoisotopic (exact) mass is 297 g/mol. The summed E-state index contributed by atoms with van der Waals surface area (Å²) in [6, 6.07) is 3.82. The van der Waals surface area contributed by atoms with Crippen molar-refractivity contribution in [1.82, 2.24) is 0 Å². The highest BCUT2D eigenvalue weighted by atomic mass is 79.9. The predicted molar refractivity (Wildman–Crippen MR) is 55.6 cm³/mol. The number of carboxylic acids is 1. The zero-order chi connectivity index (χ0) is 12.3. The molecule has 0 aromatic heterocycles. The van der Waals surface area contributed by atoms with Gasteiger partial charge in [-0.2, -0.15) is 13.2 Å². The van der Waals surface area contributed by atoms with Crippen molar-refractivity contribution in [3.63, 3.8) is 0 Å². The smallest absolute Gasteiger partial charge is 0.405 e. The van der Waals surface area contributed by atoms with Gasteiger partial charge in [0.15, 0.2) is 0 Å². The Morgan fingerprint density at radius 3 is 2.50 bits per heavy atom. The summed E-state index contributed by atoms with van der Waals surface area (Å²) in [6.07, 6.45) is -4.34. The fourth-order valence-electron chi connectivity index (χ4n) is 1.02. The number of hydrogen-bond acceptors (Lipinski definition) is 2. The Kier molecular flexibility index (Phi) is 3.79. The summed E-state index contributed by atoms with van der Waals surface area (Å²) in [6.45, 7) is -1.21. The Labute approximate surface area is 97.4 Å². The zero-order valence-electron chi connectivity index (χ0n) is 7.81. The first-order valence-corrected chi connectivity index (χ1v) is 4.92. The number of rotatable bonds is 3. The van der Waals surface area contributed by atoms with Gasteiger partial charge in [0.2, 0.25) is 0 Å². The average molecular weight is 298 g/mol. The summed E-state index contributed by atoms with van der Waals surface area (Å²) in [5.41, 5.74) is 0.0168. The number of aromatic carboxylic acids is 1. The normalized spacial score (nSPS) is 11.2. The molecule has 2 N–H and O–H groups in total. The number of carboxylic acid groups (broad SMARTS) is 1. The van der Waals surface area contributed by atoms with Crippen LogP contribution in [0.3, 0.4) is 0 Å². The molecule has 1 rings (SSSR count). The molecule has 1 aromatic carbocycles. The van der Waals surface area contributed by atoms with Gasteiger partial charge in [0, 0.05) is 10.2 Å². The molecule has 1 aromatic rings. The molecule has 3 nitrogen and oxygen atoms in total. The fraction of sp³-hybridized carbons (Fsp3) is 0.222. The van der Waals surface area contributed by atoms with E-state index in [1.807, 2.05) is 0 Å². The molecule has 88 valence electrons. The fourth-order valence-corrected chi connectivity index (χ4v) is 1.51. The first-order valence-electron chi connectivity index (χ1n) is 4.12. The Balaban J connectivity index is 2.85. The number of benzene rings is 1. The quantitative estimate of drug-likeness (QED) is 0.901. The first kappa shape index (κ1) is 12.8. The molecule has 0 bridgehead atoms. The SMILES string of the molecule is O=C(O)c1cc(Br)cc(NCC(F)(F)F)c1. The number of alkyl halides is 3. The third kappa shape index (κ3) is 4.09. The van der Waals surface area contributed by atoms with Gasteiger partial charge in [-0.25, -0.2) is 4.79 Å². The average Bonchev–Trinajstić information content (AvgIpc) is 2.13. The van der Waals surface area contributed by atoms with Crippen molar-refractivity contribution in [2.45, 2.75) is 6.18 Å². The van der Waals surface area contributed by atoms with E-state index in [1.165, 1.54) is 12.1 Å². The van der Waals surface area contributed by atoms with E-state index in [2.05, 4.69) is 21.2 Å². The van der Waals surface area contributed by atoms with E-state index >= 15 is 0 Å². The van der Waals surface area contributed by atoms with Crippen molar-refractivity contribution >= 4 is 27.6 Å². The Morgan fingerprint density at radius 2 is 2.00 bits per heavy atom. The third-order valence-electron chi connectivity index (χ3n) is 1.64. The van der Waals surface area contributed by atoms with E-state index in [1.54, 1.807) is 0 Å². The molecule has 0 unspecified atom stereocenters. The Morgan fingerprint density at radius 1 is 1.38 bits per heavy atom. The molecule has 0 radical (unpaired) electrons. The molecule has 0 amide bonds. The van der Waals surface area contributed by atoms with Crippen LogP contribution >= 0.6 is 15.9 Å². The van der Waals surface area contributed by atoms with Crippen LogP contribution in [0.15, 0.2) is 22.7 Å². The largest absolute Gasteiger partial charge is 0.478 e. The van der Waals surface area contributed by atoms with Gasteiger partial charge in [0.1, 0.15) is 6.54 Å². The van der Waals surface area contributed by atoms with Crippen molar-refractivity contribution < 1.29 is 23.1 Å². The van der Waals surface area contributed by atoms with E-state index < -0.39 is 18.7 Å². The van der Waals surface area contributed by atoms with Crippen molar-refractivity contribution in [2.75, 3.05) is 11.9 Å². The molecule has 0 fully saturated rings. The second-order valence-corrected chi connectivity index (χ2v) is 3.92. The minimum Gasteiger partial charge on any atom is -0.478 e. The van der Waals surface area contributed by atoms with E-state index in [-0.39, 0.29) is 11.3 Å². The van der Waals surface area contributed by atoms with Crippen LogP contribution < -0.4 is 5.32 Å². The van der Waals surface area contributed by atoms with Crippen LogP contribution in [-0.2, 0) is 0 Å². The molecule has 7 heteroatoms. The van der Waals surface area contributed by atoms with Crippen molar-refractivity contribution in [2.24, 2.45) is 0 Å². The summed E-state index contributed by atoms with van der Waals surface area (Å²) < 4.78 is 36.1. The van der Waals surface area contributed by atoms with Crippen LogP contribution in [0.2, 0.25) is 0 Å². The van der Waals surface area contributed by atoms with E-state index in [0.717, 1.165) is 6.07 Å². The molecule has 0 heterocycles. The van der Waals surface area contributed by atoms with Gasteiger partial charge in [-0.15, -0.1) is 0 Å². The van der Waals surface area contributed by atoms with Crippen LogP contribution in [0.1, 0.15) is 10.4 Å². The number of anilines is 1. The number of hydrogen-bond donors (Lipinski definition) is 2. The molecular weight excluding hydrogens is 291 g/mol. The molecule has 16 heavy (non-hydrogen) atoms. The number of halogens is 4. The number of nitrogens with one attached hydrogen (secondary N) is 1. The molecular formula is C9H7BrF3NO2. The molecule has 0 atom stereocenters. The van der Waals surface area contributed by atoms with Gasteiger partial charge in [0.25, 0.3) is 0 Å². The molecule has 0 aliphatic carbocycles. The summed E-state index contributed by atoms with van der Waals surface area (Å²) in [5.74, 6) is -1.20. The third-order valence-corrected chi connectivity index (χ3v) is 2.10. The summed E-state index contributed by atoms with van der Waals surface area (Å²) in [7, 11) is 0. The van der Waals surface area contributed by atoms with Crippen LogP contribution in [0.4, 0.5) is 18.9 Å². The highest BCUT2D eigenvalue weighted by Gasteiger charge is 2.26. The molecule has 0 aliphatic rings. The lowest BCUT2D eigenvalue weighted by Crippen LogP contribution is -2.21. The van der Waals surface area contributed by atoms with Crippen LogP contribution in [0.5, 0.6) is 0 Å². The minimum absolute atomic E-state index is 0.0842. The zero-order valence-corrected chi connectivity index (χ0v) is 9.39. The highest BCUT2D eigenvalue weighted by molar-refractivity contribution is 9.10. The summed E-state index contributed by atoms with van der Waals surface area (Å²) in [5, 5.41) is 10.8. The van der Waals surface area contributed by atoms with E-state index in [0.29, 0.717) is 4.47 Å². The van der Waals surface area contributed by atoms with Gasteiger partial charge in [-0.3, -0.25) is 0 Å².